The molecule has 0 aliphatic carbocycles. The van der Waals surface area contributed by atoms with E-state index in [2.05, 4.69) is 31.3 Å². The van der Waals surface area contributed by atoms with Crippen molar-refractivity contribution in [3.63, 3.8) is 0 Å². The van der Waals surface area contributed by atoms with Crippen molar-refractivity contribution in [2.75, 3.05) is 0 Å². The molecule has 1 aromatic carbocycles. The minimum Gasteiger partial charge on any atom is -0.444 e. The number of alkyl carbamates (subject to hydrolysis) is 1. The molecule has 0 aromatic heterocycles. The Morgan fingerprint density at radius 1 is 1.15 bits per heavy atom. The third-order valence-corrected chi connectivity index (χ3v) is 2.48. The quantitative estimate of drug-likeness (QED) is 0.858. The van der Waals surface area contributed by atoms with Gasteiger partial charge in [0.2, 0.25) is 0 Å². The molecule has 20 heavy (non-hydrogen) atoms. The maximum absolute atomic E-state index is 11.5. The standard InChI is InChI=1S/C15H23NO2.C2H6/c1-11(2)13-8-6-12(7-9-13)10-16-14(17)18-15(3,4)5;1-2/h6-9,11H,10H2,1-5H3,(H,16,17);1-2H3. The average Bonchev–Trinajstić information content (AvgIpc) is 2.37. The van der Waals surface area contributed by atoms with Gasteiger partial charge in [-0.1, -0.05) is 52.0 Å². The van der Waals surface area contributed by atoms with Gasteiger partial charge in [-0.3, -0.25) is 0 Å². The number of rotatable bonds is 3. The van der Waals surface area contributed by atoms with Crippen molar-refractivity contribution in [3.8, 4) is 0 Å². The van der Waals surface area contributed by atoms with Crippen LogP contribution >= 0.6 is 0 Å². The first kappa shape index (κ1) is 18.5. The first-order chi connectivity index (χ1) is 9.28. The van der Waals surface area contributed by atoms with Gasteiger partial charge >= 0.3 is 6.09 Å². The summed E-state index contributed by atoms with van der Waals surface area (Å²) in [6.45, 7) is 14.4. The van der Waals surface area contributed by atoms with Gasteiger partial charge in [0.1, 0.15) is 5.60 Å². The molecule has 0 saturated carbocycles. The van der Waals surface area contributed by atoms with Crippen molar-refractivity contribution in [2.45, 2.75) is 66.5 Å². The maximum Gasteiger partial charge on any atom is 0.407 e. The second-order valence-corrected chi connectivity index (χ2v) is 5.75. The fraction of sp³-hybridized carbons (Fsp3) is 0.588. The molecule has 3 nitrogen and oxygen atoms in total. The normalized spacial score (nSPS) is 10.6. The third kappa shape index (κ3) is 7.82. The lowest BCUT2D eigenvalue weighted by Gasteiger charge is -2.19. The lowest BCUT2D eigenvalue weighted by atomic mass is 10.0. The molecule has 0 unspecified atom stereocenters. The van der Waals surface area contributed by atoms with Crippen LogP contribution < -0.4 is 5.32 Å². The summed E-state index contributed by atoms with van der Waals surface area (Å²) < 4.78 is 5.17. The van der Waals surface area contributed by atoms with Crippen molar-refractivity contribution in [3.05, 3.63) is 35.4 Å². The Hall–Kier alpha value is -1.51. The van der Waals surface area contributed by atoms with E-state index in [-0.39, 0.29) is 6.09 Å². The molecule has 0 aliphatic heterocycles. The number of carbonyl (C=O) groups is 1. The molecule has 3 heteroatoms. The molecule has 1 rings (SSSR count). The first-order valence-electron chi connectivity index (χ1n) is 7.33. The first-order valence-corrected chi connectivity index (χ1v) is 7.33. The van der Waals surface area contributed by atoms with Gasteiger partial charge < -0.3 is 10.1 Å². The Kier molecular flexibility index (Phi) is 7.97. The van der Waals surface area contributed by atoms with Crippen LogP contribution in [0.1, 0.15) is 65.5 Å². The zero-order valence-corrected chi connectivity index (χ0v) is 13.9. The van der Waals surface area contributed by atoms with Crippen LogP contribution in [0.15, 0.2) is 24.3 Å². The third-order valence-electron chi connectivity index (χ3n) is 2.48. The molecule has 0 aliphatic rings. The molecule has 0 radical (unpaired) electrons. The van der Waals surface area contributed by atoms with E-state index in [1.165, 1.54) is 5.56 Å². The van der Waals surface area contributed by atoms with Crippen LogP contribution in [0.4, 0.5) is 4.79 Å². The fourth-order valence-electron chi connectivity index (χ4n) is 1.51. The zero-order chi connectivity index (χ0) is 15.8. The molecule has 114 valence electrons. The van der Waals surface area contributed by atoms with E-state index >= 15 is 0 Å². The summed E-state index contributed by atoms with van der Waals surface area (Å²) in [5.41, 5.74) is 1.92. The van der Waals surface area contributed by atoms with E-state index in [4.69, 9.17) is 4.74 Å². The molecule has 0 bridgehead atoms. The van der Waals surface area contributed by atoms with E-state index in [1.54, 1.807) is 0 Å². The van der Waals surface area contributed by atoms with Gasteiger partial charge in [-0.2, -0.15) is 0 Å². The van der Waals surface area contributed by atoms with Crippen molar-refractivity contribution < 1.29 is 9.53 Å². The van der Waals surface area contributed by atoms with E-state index in [1.807, 2.05) is 46.8 Å². The van der Waals surface area contributed by atoms with Gasteiger partial charge in [-0.05, 0) is 37.8 Å². The fourth-order valence-corrected chi connectivity index (χ4v) is 1.51. The number of hydrogen-bond donors (Lipinski definition) is 1. The molecule has 0 saturated heterocycles. The van der Waals surface area contributed by atoms with Crippen molar-refractivity contribution in [2.24, 2.45) is 0 Å². The van der Waals surface area contributed by atoms with Gasteiger partial charge in [0.25, 0.3) is 0 Å². The van der Waals surface area contributed by atoms with E-state index in [0.29, 0.717) is 12.5 Å². The highest BCUT2D eigenvalue weighted by Crippen LogP contribution is 2.14. The molecular weight excluding hydrogens is 250 g/mol. The van der Waals surface area contributed by atoms with Crippen molar-refractivity contribution >= 4 is 6.09 Å². The minimum atomic E-state index is -0.453. The predicted molar refractivity (Wildman–Crippen MR) is 85.0 cm³/mol. The summed E-state index contributed by atoms with van der Waals surface area (Å²) in [5.74, 6) is 0.526. The predicted octanol–water partition coefficient (Wildman–Crippen LogP) is 4.86. The Balaban J connectivity index is 0.00000172. The largest absolute Gasteiger partial charge is 0.444 e. The van der Waals surface area contributed by atoms with Crippen LogP contribution in [0, 0.1) is 0 Å². The SMILES string of the molecule is CC.CC(C)c1ccc(CNC(=O)OC(C)(C)C)cc1. The number of amides is 1. The zero-order valence-electron chi connectivity index (χ0n) is 13.9. The molecule has 1 N–H and O–H groups in total. The molecular formula is C17H29NO2. The highest BCUT2D eigenvalue weighted by Gasteiger charge is 2.15. The molecule has 0 heterocycles. The smallest absolute Gasteiger partial charge is 0.407 e. The average molecular weight is 279 g/mol. The molecule has 1 amide bonds. The second-order valence-electron chi connectivity index (χ2n) is 5.75. The molecule has 1 aromatic rings. The van der Waals surface area contributed by atoms with E-state index < -0.39 is 5.60 Å². The van der Waals surface area contributed by atoms with Gasteiger partial charge in [0, 0.05) is 6.54 Å². The summed E-state index contributed by atoms with van der Waals surface area (Å²) in [6, 6.07) is 8.26. The van der Waals surface area contributed by atoms with Crippen molar-refractivity contribution in [1.29, 1.82) is 0 Å². The Morgan fingerprint density at radius 3 is 2.05 bits per heavy atom. The lowest BCUT2D eigenvalue weighted by Crippen LogP contribution is -2.32. The Labute approximate surface area is 123 Å². The summed E-state index contributed by atoms with van der Waals surface area (Å²) in [6.07, 6.45) is -0.379. The monoisotopic (exact) mass is 279 g/mol. The highest BCUT2D eigenvalue weighted by molar-refractivity contribution is 5.67. The van der Waals surface area contributed by atoms with Crippen LogP contribution in [0.25, 0.3) is 0 Å². The topological polar surface area (TPSA) is 38.3 Å². The van der Waals surface area contributed by atoms with Crippen LogP contribution in [0.5, 0.6) is 0 Å². The molecule has 0 fully saturated rings. The van der Waals surface area contributed by atoms with E-state index in [0.717, 1.165) is 5.56 Å². The summed E-state index contributed by atoms with van der Waals surface area (Å²) in [4.78, 5) is 11.5. The minimum absolute atomic E-state index is 0.379. The Morgan fingerprint density at radius 2 is 1.65 bits per heavy atom. The molecule has 0 spiro atoms. The van der Waals surface area contributed by atoms with Crippen LogP contribution in [-0.2, 0) is 11.3 Å². The van der Waals surface area contributed by atoms with Crippen molar-refractivity contribution in [1.82, 2.24) is 5.32 Å². The van der Waals surface area contributed by atoms with Crippen LogP contribution in [-0.4, -0.2) is 11.7 Å². The number of carbonyl (C=O) groups excluding carboxylic acids is 1. The number of hydrogen-bond acceptors (Lipinski definition) is 2. The van der Waals surface area contributed by atoms with Crippen LogP contribution in [0.3, 0.4) is 0 Å². The highest BCUT2D eigenvalue weighted by atomic mass is 16.6. The summed E-state index contributed by atoms with van der Waals surface area (Å²) >= 11 is 0. The maximum atomic E-state index is 11.5. The number of benzene rings is 1. The van der Waals surface area contributed by atoms with Gasteiger partial charge in [0.05, 0.1) is 0 Å². The van der Waals surface area contributed by atoms with Gasteiger partial charge in [0.15, 0.2) is 0 Å². The van der Waals surface area contributed by atoms with Crippen LogP contribution in [0.2, 0.25) is 0 Å². The number of nitrogens with one attached hydrogen (secondary N) is 1. The summed E-state index contributed by atoms with van der Waals surface area (Å²) in [7, 11) is 0. The second kappa shape index (κ2) is 8.62. The van der Waals surface area contributed by atoms with Gasteiger partial charge in [-0.25, -0.2) is 4.79 Å². The van der Waals surface area contributed by atoms with E-state index in [9.17, 15) is 4.79 Å². The lowest BCUT2D eigenvalue weighted by molar-refractivity contribution is 0.0523. The molecule has 0 atom stereocenters. The Bertz CT molecular complexity index is 388. The number of ether oxygens (including phenoxy) is 1. The van der Waals surface area contributed by atoms with Gasteiger partial charge in [-0.15, -0.1) is 0 Å². The summed E-state index contributed by atoms with van der Waals surface area (Å²) in [5, 5.41) is 2.74.